The third-order valence-corrected chi connectivity index (χ3v) is 5.04. The first-order valence-corrected chi connectivity index (χ1v) is 9.15. The van der Waals surface area contributed by atoms with Gasteiger partial charge in [-0.3, -0.25) is 4.98 Å². The Labute approximate surface area is 172 Å². The summed E-state index contributed by atoms with van der Waals surface area (Å²) in [4.78, 5) is 7.10. The van der Waals surface area contributed by atoms with Crippen molar-refractivity contribution in [3.8, 4) is 11.1 Å². The van der Waals surface area contributed by atoms with E-state index in [1.807, 2.05) is 12.3 Å². The van der Waals surface area contributed by atoms with Crippen molar-refractivity contribution >= 4 is 35.7 Å². The third kappa shape index (κ3) is 5.41. The van der Waals surface area contributed by atoms with E-state index >= 15 is 0 Å². The zero-order chi connectivity index (χ0) is 17.1. The van der Waals surface area contributed by atoms with Crippen molar-refractivity contribution in [1.82, 2.24) is 9.88 Å². The third-order valence-electron chi connectivity index (χ3n) is 5.04. The van der Waals surface area contributed by atoms with Gasteiger partial charge in [0.05, 0.1) is 5.52 Å². The molecule has 0 bridgehead atoms. The summed E-state index contributed by atoms with van der Waals surface area (Å²) in [6.07, 6.45) is 6.82. The van der Waals surface area contributed by atoms with E-state index in [2.05, 4.69) is 34.1 Å². The fraction of sp³-hybridized carbons (Fsp3) is 0.318. The molecule has 4 rings (SSSR count). The molecule has 0 aliphatic carbocycles. The highest BCUT2D eigenvalue weighted by Gasteiger charge is 2.10. The number of rotatable bonds is 5. The van der Waals surface area contributed by atoms with Crippen LogP contribution in [-0.2, 0) is 6.42 Å². The molecular weight excluding hydrogens is 382 g/mol. The number of hydrogen-bond acceptors (Lipinski definition) is 2. The van der Waals surface area contributed by atoms with Crippen molar-refractivity contribution in [2.75, 3.05) is 19.6 Å². The summed E-state index contributed by atoms with van der Waals surface area (Å²) in [6, 6.07) is 15.3. The number of benzene rings is 2. The summed E-state index contributed by atoms with van der Waals surface area (Å²) in [7, 11) is 0. The van der Waals surface area contributed by atoms with Gasteiger partial charge in [0, 0.05) is 17.1 Å². The van der Waals surface area contributed by atoms with Gasteiger partial charge < -0.3 is 4.90 Å². The van der Waals surface area contributed by atoms with Crippen molar-refractivity contribution in [1.29, 1.82) is 0 Å². The number of halogens is 3. The van der Waals surface area contributed by atoms with Crippen LogP contribution in [0.15, 0.2) is 54.7 Å². The minimum Gasteiger partial charge on any atom is -0.303 e. The van der Waals surface area contributed by atoms with Gasteiger partial charge >= 0.3 is 0 Å². The molecule has 0 unspecified atom stereocenters. The van der Waals surface area contributed by atoms with Crippen molar-refractivity contribution < 1.29 is 4.39 Å². The van der Waals surface area contributed by atoms with E-state index in [4.69, 9.17) is 0 Å². The lowest BCUT2D eigenvalue weighted by atomic mass is 10.0. The quantitative estimate of drug-likeness (QED) is 0.523. The molecule has 1 saturated heterocycles. The molecule has 1 aliphatic rings. The van der Waals surface area contributed by atoms with Crippen LogP contribution in [0.2, 0.25) is 0 Å². The number of aromatic nitrogens is 1. The first kappa shape index (κ1) is 21.6. The Morgan fingerprint density at radius 3 is 2.52 bits per heavy atom. The molecule has 2 nitrogen and oxygen atoms in total. The predicted octanol–water partition coefficient (Wildman–Crippen LogP) is 5.91. The van der Waals surface area contributed by atoms with Gasteiger partial charge in [0.15, 0.2) is 0 Å². The molecule has 0 saturated carbocycles. The molecule has 1 aliphatic heterocycles. The molecule has 5 heteroatoms. The van der Waals surface area contributed by atoms with Gasteiger partial charge in [0.2, 0.25) is 0 Å². The molecule has 2 heterocycles. The smallest absolute Gasteiger partial charge is 0.123 e. The Bertz CT molecular complexity index is 879. The summed E-state index contributed by atoms with van der Waals surface area (Å²) in [5.41, 5.74) is 4.17. The SMILES string of the molecule is Cl.Cl.Fc1cccc(-c2cnc3ccc(CCCN4CCCC4)cc3c2)c1. The molecule has 0 amide bonds. The van der Waals surface area contributed by atoms with Gasteiger partial charge in [-0.05, 0) is 86.8 Å². The van der Waals surface area contributed by atoms with Crippen LogP contribution in [0.5, 0.6) is 0 Å². The summed E-state index contributed by atoms with van der Waals surface area (Å²) in [5, 5.41) is 1.13. The largest absolute Gasteiger partial charge is 0.303 e. The van der Waals surface area contributed by atoms with Crippen molar-refractivity contribution in [3.05, 3.63) is 66.1 Å². The second-order valence-electron chi connectivity index (χ2n) is 6.91. The minimum absolute atomic E-state index is 0. The van der Waals surface area contributed by atoms with Crippen molar-refractivity contribution in [2.45, 2.75) is 25.7 Å². The van der Waals surface area contributed by atoms with Crippen LogP contribution >= 0.6 is 24.8 Å². The Morgan fingerprint density at radius 1 is 0.926 bits per heavy atom. The first-order valence-electron chi connectivity index (χ1n) is 9.15. The molecule has 1 fully saturated rings. The van der Waals surface area contributed by atoms with E-state index in [-0.39, 0.29) is 30.6 Å². The van der Waals surface area contributed by atoms with Crippen LogP contribution in [-0.4, -0.2) is 29.5 Å². The number of nitrogens with zero attached hydrogens (tertiary/aromatic N) is 2. The van der Waals surface area contributed by atoms with Crippen LogP contribution in [0, 0.1) is 5.82 Å². The summed E-state index contributed by atoms with van der Waals surface area (Å²) >= 11 is 0. The Hall–Kier alpha value is -1.68. The molecule has 3 aromatic rings. The summed E-state index contributed by atoms with van der Waals surface area (Å²) in [6.45, 7) is 3.72. The van der Waals surface area contributed by atoms with E-state index in [0.29, 0.717) is 0 Å². The van der Waals surface area contributed by atoms with E-state index in [1.54, 1.807) is 12.1 Å². The second-order valence-corrected chi connectivity index (χ2v) is 6.91. The molecule has 144 valence electrons. The topological polar surface area (TPSA) is 16.1 Å². The maximum absolute atomic E-state index is 13.5. The highest BCUT2D eigenvalue weighted by atomic mass is 35.5. The van der Waals surface area contributed by atoms with E-state index in [1.165, 1.54) is 50.5 Å². The Morgan fingerprint density at radius 2 is 1.74 bits per heavy atom. The maximum atomic E-state index is 13.5. The van der Waals surface area contributed by atoms with Crippen LogP contribution in [0.3, 0.4) is 0 Å². The van der Waals surface area contributed by atoms with Crippen LogP contribution in [0.4, 0.5) is 4.39 Å². The van der Waals surface area contributed by atoms with Crippen molar-refractivity contribution in [2.24, 2.45) is 0 Å². The molecule has 2 aromatic carbocycles. The second kappa shape index (κ2) is 10.0. The molecule has 0 atom stereocenters. The number of hydrogen-bond donors (Lipinski definition) is 0. The fourth-order valence-electron chi connectivity index (χ4n) is 3.68. The molecule has 0 radical (unpaired) electrons. The van der Waals surface area contributed by atoms with Crippen molar-refractivity contribution in [3.63, 3.8) is 0 Å². The molecular formula is C22H25Cl2FN2. The average molecular weight is 407 g/mol. The highest BCUT2D eigenvalue weighted by molar-refractivity contribution is 5.86. The maximum Gasteiger partial charge on any atom is 0.123 e. The fourth-order valence-corrected chi connectivity index (χ4v) is 3.68. The average Bonchev–Trinajstić information content (AvgIpc) is 3.14. The Kier molecular flexibility index (Phi) is 8.03. The van der Waals surface area contributed by atoms with Crippen LogP contribution in [0.25, 0.3) is 22.0 Å². The monoisotopic (exact) mass is 406 g/mol. The molecule has 0 N–H and O–H groups in total. The molecule has 1 aromatic heterocycles. The van der Waals surface area contributed by atoms with Gasteiger partial charge in [-0.2, -0.15) is 0 Å². The van der Waals surface area contributed by atoms with E-state index < -0.39 is 0 Å². The molecule has 0 spiro atoms. The lowest BCUT2D eigenvalue weighted by Gasteiger charge is -2.14. The summed E-state index contributed by atoms with van der Waals surface area (Å²) < 4.78 is 13.5. The van der Waals surface area contributed by atoms with E-state index in [9.17, 15) is 4.39 Å². The van der Waals surface area contributed by atoms with Gasteiger partial charge in [0.25, 0.3) is 0 Å². The number of pyridine rings is 1. The highest BCUT2D eigenvalue weighted by Crippen LogP contribution is 2.24. The Balaban J connectivity index is 0.00000131. The van der Waals surface area contributed by atoms with Gasteiger partial charge in [-0.25, -0.2) is 4.39 Å². The standard InChI is InChI=1S/C22H23FN2.2ClH/c23-21-7-3-6-18(15-21)20-14-19-13-17(8-9-22(19)24-16-20)5-4-12-25-10-1-2-11-25;;/h3,6-9,13-16H,1-2,4-5,10-12H2;2*1H. The lowest BCUT2D eigenvalue weighted by Crippen LogP contribution is -2.20. The first-order chi connectivity index (χ1) is 12.3. The minimum atomic E-state index is -0.215. The van der Waals surface area contributed by atoms with Gasteiger partial charge in [0.1, 0.15) is 5.82 Å². The number of likely N-dealkylation sites (tertiary alicyclic amines) is 1. The lowest BCUT2D eigenvalue weighted by molar-refractivity contribution is 0.334. The van der Waals surface area contributed by atoms with Gasteiger partial charge in [-0.15, -0.1) is 24.8 Å². The molecule has 27 heavy (non-hydrogen) atoms. The predicted molar refractivity (Wildman–Crippen MR) is 116 cm³/mol. The zero-order valence-corrected chi connectivity index (χ0v) is 16.9. The van der Waals surface area contributed by atoms with E-state index in [0.717, 1.165) is 28.5 Å². The summed E-state index contributed by atoms with van der Waals surface area (Å²) in [5.74, 6) is -0.215. The van der Waals surface area contributed by atoms with Gasteiger partial charge in [-0.1, -0.05) is 18.2 Å². The normalized spacial score (nSPS) is 14.0. The zero-order valence-electron chi connectivity index (χ0n) is 15.2. The van der Waals surface area contributed by atoms with Crippen LogP contribution < -0.4 is 0 Å². The van der Waals surface area contributed by atoms with Crippen LogP contribution in [0.1, 0.15) is 24.8 Å². The number of aryl methyl sites for hydroxylation is 1. The number of fused-ring (bicyclic) bond motifs is 1.